The second kappa shape index (κ2) is 6.76. The molecule has 0 unspecified atom stereocenters. The fraction of sp³-hybridized carbons (Fsp3) is 0.294. The molecule has 2 aromatic carbocycles. The summed E-state index contributed by atoms with van der Waals surface area (Å²) >= 11 is 0. The van der Waals surface area contributed by atoms with Gasteiger partial charge in [0.25, 0.3) is 0 Å². The minimum Gasteiger partial charge on any atom is -0.494 e. The predicted octanol–water partition coefficient (Wildman–Crippen LogP) is 3.48. The molecule has 21 heavy (non-hydrogen) atoms. The van der Waals surface area contributed by atoms with Crippen LogP contribution in [0.15, 0.2) is 48.5 Å². The Balaban J connectivity index is 2.00. The van der Waals surface area contributed by atoms with E-state index in [2.05, 4.69) is 12.1 Å². The summed E-state index contributed by atoms with van der Waals surface area (Å²) in [6.45, 7) is 2.46. The van der Waals surface area contributed by atoms with Crippen molar-refractivity contribution in [3.8, 4) is 16.9 Å². The maximum atomic E-state index is 11.0. The van der Waals surface area contributed by atoms with Crippen molar-refractivity contribution in [2.24, 2.45) is 0 Å². The number of aryl methyl sites for hydroxylation is 1. The SMILES string of the molecule is Cc1cc(OCCCS(C)(=O)=O)ccc1-c1ccccc1. The highest BCUT2D eigenvalue weighted by molar-refractivity contribution is 7.90. The van der Waals surface area contributed by atoms with Crippen LogP contribution in [0.4, 0.5) is 0 Å². The van der Waals surface area contributed by atoms with Gasteiger partial charge < -0.3 is 4.74 Å². The van der Waals surface area contributed by atoms with Gasteiger partial charge in [-0.25, -0.2) is 8.42 Å². The zero-order chi connectivity index (χ0) is 15.3. The van der Waals surface area contributed by atoms with E-state index in [4.69, 9.17) is 4.74 Å². The van der Waals surface area contributed by atoms with Crippen LogP contribution in [0.3, 0.4) is 0 Å². The molecule has 0 bridgehead atoms. The van der Waals surface area contributed by atoms with Crippen molar-refractivity contribution in [3.63, 3.8) is 0 Å². The molecular weight excluding hydrogens is 284 g/mol. The van der Waals surface area contributed by atoms with Gasteiger partial charge in [0.1, 0.15) is 15.6 Å². The molecule has 0 fully saturated rings. The Hall–Kier alpha value is -1.81. The van der Waals surface area contributed by atoms with Crippen molar-refractivity contribution < 1.29 is 13.2 Å². The topological polar surface area (TPSA) is 43.4 Å². The van der Waals surface area contributed by atoms with Gasteiger partial charge in [0, 0.05) is 6.26 Å². The van der Waals surface area contributed by atoms with Crippen LogP contribution in [0.5, 0.6) is 5.75 Å². The molecule has 3 nitrogen and oxygen atoms in total. The van der Waals surface area contributed by atoms with Crippen molar-refractivity contribution in [3.05, 3.63) is 54.1 Å². The normalized spacial score (nSPS) is 11.3. The Morgan fingerprint density at radius 3 is 2.38 bits per heavy atom. The Bertz CT molecular complexity index is 691. The van der Waals surface area contributed by atoms with Crippen LogP contribution in [0.1, 0.15) is 12.0 Å². The van der Waals surface area contributed by atoms with Crippen LogP contribution in [-0.4, -0.2) is 27.0 Å². The maximum absolute atomic E-state index is 11.0. The molecule has 0 N–H and O–H groups in total. The zero-order valence-corrected chi connectivity index (χ0v) is 13.2. The van der Waals surface area contributed by atoms with Crippen LogP contribution in [0.2, 0.25) is 0 Å². The minimum absolute atomic E-state index is 0.161. The number of sulfone groups is 1. The Labute approximate surface area is 126 Å². The monoisotopic (exact) mass is 304 g/mol. The highest BCUT2D eigenvalue weighted by atomic mass is 32.2. The van der Waals surface area contributed by atoms with E-state index < -0.39 is 9.84 Å². The van der Waals surface area contributed by atoms with Crippen molar-refractivity contribution in [2.45, 2.75) is 13.3 Å². The Morgan fingerprint density at radius 2 is 1.76 bits per heavy atom. The first-order valence-electron chi connectivity index (χ1n) is 6.92. The van der Waals surface area contributed by atoms with E-state index in [-0.39, 0.29) is 5.75 Å². The van der Waals surface area contributed by atoms with Gasteiger partial charge in [-0.3, -0.25) is 0 Å². The summed E-state index contributed by atoms with van der Waals surface area (Å²) in [7, 11) is -2.91. The van der Waals surface area contributed by atoms with Gasteiger partial charge in [0.2, 0.25) is 0 Å². The van der Waals surface area contributed by atoms with Crippen LogP contribution < -0.4 is 4.74 Å². The number of ether oxygens (including phenoxy) is 1. The Morgan fingerprint density at radius 1 is 1.05 bits per heavy atom. The largest absolute Gasteiger partial charge is 0.494 e. The first kappa shape index (κ1) is 15.6. The van der Waals surface area contributed by atoms with Gasteiger partial charge in [0.05, 0.1) is 12.4 Å². The van der Waals surface area contributed by atoms with Gasteiger partial charge in [-0.05, 0) is 42.2 Å². The average molecular weight is 304 g/mol. The van der Waals surface area contributed by atoms with E-state index in [1.807, 2.05) is 43.3 Å². The molecule has 0 amide bonds. The molecule has 0 aliphatic rings. The van der Waals surface area contributed by atoms with Crippen molar-refractivity contribution in [2.75, 3.05) is 18.6 Å². The van der Waals surface area contributed by atoms with Crippen LogP contribution >= 0.6 is 0 Å². The lowest BCUT2D eigenvalue weighted by Gasteiger charge is -2.10. The second-order valence-electron chi connectivity index (χ2n) is 5.17. The lowest BCUT2D eigenvalue weighted by molar-refractivity contribution is 0.317. The molecule has 0 saturated carbocycles. The van der Waals surface area contributed by atoms with E-state index in [1.54, 1.807) is 0 Å². The quantitative estimate of drug-likeness (QED) is 0.767. The summed E-state index contributed by atoms with van der Waals surface area (Å²) in [6, 6.07) is 16.1. The fourth-order valence-corrected chi connectivity index (χ4v) is 2.82. The molecule has 2 aromatic rings. The zero-order valence-electron chi connectivity index (χ0n) is 12.4. The lowest BCUT2D eigenvalue weighted by atomic mass is 10.0. The van der Waals surface area contributed by atoms with Crippen LogP contribution in [-0.2, 0) is 9.84 Å². The molecule has 0 aromatic heterocycles. The van der Waals surface area contributed by atoms with Gasteiger partial charge in [-0.15, -0.1) is 0 Å². The number of rotatable bonds is 6. The van der Waals surface area contributed by atoms with Gasteiger partial charge in [-0.2, -0.15) is 0 Å². The lowest BCUT2D eigenvalue weighted by Crippen LogP contribution is -2.08. The average Bonchev–Trinajstić information content (AvgIpc) is 2.44. The first-order chi connectivity index (χ1) is 9.96. The van der Waals surface area contributed by atoms with Crippen LogP contribution in [0, 0.1) is 6.92 Å². The van der Waals surface area contributed by atoms with Gasteiger partial charge in [0.15, 0.2) is 0 Å². The van der Waals surface area contributed by atoms with Crippen molar-refractivity contribution in [1.82, 2.24) is 0 Å². The summed E-state index contributed by atoms with van der Waals surface area (Å²) in [5, 5.41) is 0. The maximum Gasteiger partial charge on any atom is 0.147 e. The first-order valence-corrected chi connectivity index (χ1v) is 8.98. The standard InChI is InChI=1S/C17H20O3S/c1-14-13-16(20-11-6-12-21(2,18)19)9-10-17(14)15-7-4-3-5-8-15/h3-5,7-10,13H,6,11-12H2,1-2H3. The van der Waals surface area contributed by atoms with E-state index in [9.17, 15) is 8.42 Å². The number of hydrogen-bond donors (Lipinski definition) is 0. The molecule has 0 spiro atoms. The summed E-state index contributed by atoms with van der Waals surface area (Å²) in [6.07, 6.45) is 1.75. The molecule has 0 aliphatic heterocycles. The summed E-state index contributed by atoms with van der Waals surface area (Å²) in [5.41, 5.74) is 3.50. The highest BCUT2D eigenvalue weighted by Gasteiger charge is 2.05. The molecular formula is C17H20O3S. The molecule has 4 heteroatoms. The summed E-state index contributed by atoms with van der Waals surface area (Å²) in [5.74, 6) is 0.939. The molecule has 2 rings (SSSR count). The molecule has 112 valence electrons. The van der Waals surface area contributed by atoms with E-state index >= 15 is 0 Å². The summed E-state index contributed by atoms with van der Waals surface area (Å²) < 4.78 is 27.7. The van der Waals surface area contributed by atoms with Crippen molar-refractivity contribution >= 4 is 9.84 Å². The fourth-order valence-electron chi connectivity index (χ4n) is 2.18. The van der Waals surface area contributed by atoms with Gasteiger partial charge >= 0.3 is 0 Å². The molecule has 0 atom stereocenters. The van der Waals surface area contributed by atoms with Crippen molar-refractivity contribution in [1.29, 1.82) is 0 Å². The van der Waals surface area contributed by atoms with Gasteiger partial charge in [-0.1, -0.05) is 36.4 Å². The molecule has 0 aliphatic carbocycles. The third kappa shape index (κ3) is 4.90. The number of hydrogen-bond acceptors (Lipinski definition) is 3. The van der Waals surface area contributed by atoms with E-state index in [0.29, 0.717) is 13.0 Å². The smallest absolute Gasteiger partial charge is 0.147 e. The number of benzene rings is 2. The third-order valence-corrected chi connectivity index (χ3v) is 4.24. The predicted molar refractivity (Wildman–Crippen MR) is 86.4 cm³/mol. The Kier molecular flexibility index (Phi) is 5.02. The molecule has 0 heterocycles. The highest BCUT2D eigenvalue weighted by Crippen LogP contribution is 2.26. The second-order valence-corrected chi connectivity index (χ2v) is 7.43. The van der Waals surface area contributed by atoms with Crippen LogP contribution in [0.25, 0.3) is 11.1 Å². The summed E-state index contributed by atoms with van der Waals surface area (Å²) in [4.78, 5) is 0. The molecule has 0 radical (unpaired) electrons. The molecule has 0 saturated heterocycles. The minimum atomic E-state index is -2.91. The van der Waals surface area contributed by atoms with E-state index in [0.717, 1.165) is 11.3 Å². The van der Waals surface area contributed by atoms with E-state index in [1.165, 1.54) is 17.4 Å². The third-order valence-electron chi connectivity index (χ3n) is 3.21.